The molecule has 7 heteroatoms. The van der Waals surface area contributed by atoms with Gasteiger partial charge >= 0.3 is 6.09 Å². The molecule has 0 saturated carbocycles. The Morgan fingerprint density at radius 3 is 2.14 bits per heavy atom. The number of carbonyl (C=O) groups is 2. The molecular weight excluding hydrogens is 290 g/mol. The number of nitrogens with one attached hydrogen (secondary N) is 1. The number of allylic oxidation sites excluding steroid dienone is 2. The molecule has 1 aliphatic heterocycles. The first-order chi connectivity index (χ1) is 10.6. The lowest BCUT2D eigenvalue weighted by atomic mass is 10.1. The van der Waals surface area contributed by atoms with Crippen LogP contribution in [0.25, 0.3) is 6.08 Å². The monoisotopic (exact) mass is 305 g/mol. The van der Waals surface area contributed by atoms with Crippen molar-refractivity contribution in [1.82, 2.24) is 5.32 Å². The highest BCUT2D eigenvalue weighted by Crippen LogP contribution is 2.35. The number of benzene rings is 1. The standard InChI is InChI=1S/C15H15NO6/c1-19-9-7-12(20-2)10(13(8-9)21-3)5-4-6-11-14(17)16-15(18)22-11/h4-8H,1-3H3,(H,16,17,18). The fourth-order valence-electron chi connectivity index (χ4n) is 1.86. The van der Waals surface area contributed by atoms with Gasteiger partial charge in [0.15, 0.2) is 5.76 Å². The molecule has 1 aromatic carbocycles. The fraction of sp³-hybridized carbons (Fsp3) is 0.200. The van der Waals surface area contributed by atoms with Crippen LogP contribution in [0.15, 0.2) is 30.0 Å². The van der Waals surface area contributed by atoms with Crippen LogP contribution in [-0.2, 0) is 9.53 Å². The molecule has 1 heterocycles. The van der Waals surface area contributed by atoms with Gasteiger partial charge in [0.2, 0.25) is 0 Å². The van der Waals surface area contributed by atoms with Gasteiger partial charge in [-0.05, 0) is 12.2 Å². The largest absolute Gasteiger partial charge is 0.496 e. The highest BCUT2D eigenvalue weighted by molar-refractivity contribution is 6.07. The van der Waals surface area contributed by atoms with Crippen molar-refractivity contribution in [3.8, 4) is 17.2 Å². The first-order valence-corrected chi connectivity index (χ1v) is 6.30. The maximum atomic E-state index is 11.3. The summed E-state index contributed by atoms with van der Waals surface area (Å²) in [5.74, 6) is 1.02. The van der Waals surface area contributed by atoms with E-state index >= 15 is 0 Å². The van der Waals surface area contributed by atoms with Crippen LogP contribution in [0.2, 0.25) is 0 Å². The lowest BCUT2D eigenvalue weighted by Crippen LogP contribution is -2.18. The molecule has 0 aliphatic carbocycles. The molecule has 0 atom stereocenters. The number of hydrogen-bond donors (Lipinski definition) is 1. The Balaban J connectivity index is 2.32. The molecule has 1 aliphatic rings. The Morgan fingerprint density at radius 1 is 1.05 bits per heavy atom. The average Bonchev–Trinajstić information content (AvgIpc) is 2.84. The number of carbonyl (C=O) groups excluding carboxylic acids is 2. The minimum atomic E-state index is -0.788. The zero-order chi connectivity index (χ0) is 16.1. The average molecular weight is 305 g/mol. The van der Waals surface area contributed by atoms with E-state index in [4.69, 9.17) is 14.2 Å². The van der Waals surface area contributed by atoms with Crippen LogP contribution in [-0.4, -0.2) is 33.3 Å². The predicted octanol–water partition coefficient (Wildman–Crippen LogP) is 1.88. The quantitative estimate of drug-likeness (QED) is 0.836. The van der Waals surface area contributed by atoms with E-state index in [1.807, 2.05) is 5.32 Å². The molecule has 0 spiro atoms. The number of hydrogen-bond acceptors (Lipinski definition) is 6. The molecule has 2 rings (SSSR count). The van der Waals surface area contributed by atoms with Gasteiger partial charge in [0.25, 0.3) is 5.91 Å². The Morgan fingerprint density at radius 2 is 1.68 bits per heavy atom. The van der Waals surface area contributed by atoms with E-state index in [1.54, 1.807) is 31.4 Å². The van der Waals surface area contributed by atoms with Gasteiger partial charge in [-0.15, -0.1) is 0 Å². The lowest BCUT2D eigenvalue weighted by molar-refractivity contribution is -0.116. The molecule has 1 aromatic rings. The normalized spacial score (nSPS) is 15.9. The van der Waals surface area contributed by atoms with E-state index in [-0.39, 0.29) is 5.76 Å². The van der Waals surface area contributed by atoms with Gasteiger partial charge < -0.3 is 18.9 Å². The third-order valence-corrected chi connectivity index (χ3v) is 2.91. The summed E-state index contributed by atoms with van der Waals surface area (Å²) in [5.41, 5.74) is 0.660. The number of ether oxygens (including phenoxy) is 4. The van der Waals surface area contributed by atoms with Crippen molar-refractivity contribution in [3.05, 3.63) is 35.6 Å². The van der Waals surface area contributed by atoms with Crippen molar-refractivity contribution in [2.24, 2.45) is 0 Å². The van der Waals surface area contributed by atoms with Gasteiger partial charge in [-0.25, -0.2) is 4.79 Å². The lowest BCUT2D eigenvalue weighted by Gasteiger charge is -2.12. The molecule has 0 radical (unpaired) electrons. The van der Waals surface area contributed by atoms with Crippen molar-refractivity contribution in [2.45, 2.75) is 0 Å². The second kappa shape index (κ2) is 6.66. The Bertz CT molecular complexity index is 637. The summed E-state index contributed by atoms with van der Waals surface area (Å²) < 4.78 is 20.4. The van der Waals surface area contributed by atoms with Crippen molar-refractivity contribution < 1.29 is 28.5 Å². The van der Waals surface area contributed by atoms with Crippen LogP contribution in [0.1, 0.15) is 5.56 Å². The molecule has 1 N–H and O–H groups in total. The highest BCUT2D eigenvalue weighted by Gasteiger charge is 2.25. The van der Waals surface area contributed by atoms with Gasteiger partial charge in [0.1, 0.15) is 17.2 Å². The van der Waals surface area contributed by atoms with Crippen molar-refractivity contribution >= 4 is 18.1 Å². The number of rotatable bonds is 5. The van der Waals surface area contributed by atoms with Crippen molar-refractivity contribution in [2.75, 3.05) is 21.3 Å². The molecule has 0 bridgehead atoms. The van der Waals surface area contributed by atoms with Gasteiger partial charge in [0, 0.05) is 12.1 Å². The van der Waals surface area contributed by atoms with Gasteiger partial charge in [-0.1, -0.05) is 6.08 Å². The fourth-order valence-corrected chi connectivity index (χ4v) is 1.86. The first-order valence-electron chi connectivity index (χ1n) is 6.30. The molecule has 116 valence electrons. The summed E-state index contributed by atoms with van der Waals surface area (Å²) in [6, 6.07) is 3.41. The molecule has 0 aromatic heterocycles. The van der Waals surface area contributed by atoms with Crippen LogP contribution < -0.4 is 19.5 Å². The van der Waals surface area contributed by atoms with E-state index in [1.165, 1.54) is 20.3 Å². The summed E-state index contributed by atoms with van der Waals surface area (Å²) in [6.07, 6.45) is 3.82. The summed E-state index contributed by atoms with van der Waals surface area (Å²) in [4.78, 5) is 22.2. The van der Waals surface area contributed by atoms with E-state index in [2.05, 4.69) is 4.74 Å². The summed E-state index contributed by atoms with van der Waals surface area (Å²) in [5, 5.41) is 2.01. The Labute approximate surface area is 127 Å². The number of imide groups is 1. The Hall–Kier alpha value is -2.96. The smallest absolute Gasteiger partial charge is 0.419 e. The summed E-state index contributed by atoms with van der Waals surface area (Å²) >= 11 is 0. The molecular formula is C15H15NO6. The van der Waals surface area contributed by atoms with Crippen molar-refractivity contribution in [3.63, 3.8) is 0 Å². The predicted molar refractivity (Wildman–Crippen MR) is 77.8 cm³/mol. The van der Waals surface area contributed by atoms with Crippen LogP contribution in [0.4, 0.5) is 4.79 Å². The first kappa shape index (κ1) is 15.4. The van der Waals surface area contributed by atoms with Gasteiger partial charge in [0.05, 0.1) is 26.9 Å². The number of methoxy groups -OCH3 is 3. The zero-order valence-electron chi connectivity index (χ0n) is 12.3. The van der Waals surface area contributed by atoms with E-state index in [9.17, 15) is 9.59 Å². The molecule has 2 amide bonds. The summed E-state index contributed by atoms with van der Waals surface area (Å²) in [6.45, 7) is 0. The minimum absolute atomic E-state index is 0.0762. The Kier molecular flexibility index (Phi) is 4.67. The molecule has 1 saturated heterocycles. The number of amides is 2. The number of cyclic esters (lactones) is 1. The molecule has 1 fully saturated rings. The van der Waals surface area contributed by atoms with E-state index in [0.717, 1.165) is 0 Å². The molecule has 7 nitrogen and oxygen atoms in total. The van der Waals surface area contributed by atoms with Gasteiger partial charge in [-0.3, -0.25) is 10.1 Å². The van der Waals surface area contributed by atoms with Crippen LogP contribution in [0.5, 0.6) is 17.2 Å². The third-order valence-electron chi connectivity index (χ3n) is 2.91. The van der Waals surface area contributed by atoms with Crippen LogP contribution in [0.3, 0.4) is 0 Å². The second-order valence-electron chi connectivity index (χ2n) is 4.18. The summed E-state index contributed by atoms with van der Waals surface area (Å²) in [7, 11) is 4.59. The maximum Gasteiger partial charge on any atom is 0.419 e. The third kappa shape index (κ3) is 3.20. The topological polar surface area (TPSA) is 83.1 Å². The maximum absolute atomic E-state index is 11.3. The molecule has 0 unspecified atom stereocenters. The van der Waals surface area contributed by atoms with Crippen LogP contribution in [0, 0.1) is 0 Å². The van der Waals surface area contributed by atoms with Crippen LogP contribution >= 0.6 is 0 Å². The number of alkyl carbamates (subject to hydrolysis) is 1. The highest BCUT2D eigenvalue weighted by atomic mass is 16.6. The van der Waals surface area contributed by atoms with Crippen molar-refractivity contribution in [1.29, 1.82) is 0 Å². The van der Waals surface area contributed by atoms with Gasteiger partial charge in [-0.2, -0.15) is 0 Å². The molecule has 22 heavy (non-hydrogen) atoms. The minimum Gasteiger partial charge on any atom is -0.496 e. The van der Waals surface area contributed by atoms with E-state index in [0.29, 0.717) is 22.8 Å². The second-order valence-corrected chi connectivity index (χ2v) is 4.18. The zero-order valence-corrected chi connectivity index (χ0v) is 12.3. The SMILES string of the molecule is COc1cc(OC)c(C=CC=C2OC(=O)NC2=O)c(OC)c1. The van der Waals surface area contributed by atoms with E-state index < -0.39 is 12.0 Å².